The summed E-state index contributed by atoms with van der Waals surface area (Å²) in [6, 6.07) is 6.21. The Morgan fingerprint density at radius 2 is 2.10 bits per heavy atom. The van der Waals surface area contributed by atoms with Crippen molar-refractivity contribution in [3.05, 3.63) is 33.9 Å². The van der Waals surface area contributed by atoms with Crippen LogP contribution in [0.5, 0.6) is 0 Å². The van der Waals surface area contributed by atoms with E-state index in [0.29, 0.717) is 11.3 Å². The molecule has 0 bridgehead atoms. The molecule has 106 valence electrons. The molecule has 1 aliphatic rings. The van der Waals surface area contributed by atoms with Gasteiger partial charge >= 0.3 is 0 Å². The second kappa shape index (κ2) is 5.88. The van der Waals surface area contributed by atoms with E-state index in [2.05, 4.69) is 5.32 Å². The molecule has 0 atom stereocenters. The van der Waals surface area contributed by atoms with E-state index in [-0.39, 0.29) is 12.3 Å². The normalized spacial score (nSPS) is 17.2. The minimum absolute atomic E-state index is 0.0672. The van der Waals surface area contributed by atoms with Crippen LogP contribution in [-0.4, -0.2) is 22.2 Å². The fraction of sp³-hybridized carbons (Fsp3) is 0.500. The molecule has 0 spiro atoms. The summed E-state index contributed by atoms with van der Waals surface area (Å²) in [4.78, 5) is 10.6. The van der Waals surface area contributed by atoms with Crippen molar-refractivity contribution in [2.24, 2.45) is 0 Å². The Morgan fingerprint density at radius 3 is 2.65 bits per heavy atom. The lowest BCUT2D eigenvalue weighted by Crippen LogP contribution is -2.44. The molecule has 1 saturated carbocycles. The van der Waals surface area contributed by atoms with Crippen LogP contribution in [0.3, 0.4) is 0 Å². The number of benzene rings is 1. The van der Waals surface area contributed by atoms with Gasteiger partial charge in [-0.25, -0.2) is 0 Å². The van der Waals surface area contributed by atoms with Crippen molar-refractivity contribution in [3.63, 3.8) is 0 Å². The summed E-state index contributed by atoms with van der Waals surface area (Å²) < 4.78 is 0. The van der Waals surface area contributed by atoms with Crippen molar-refractivity contribution in [1.82, 2.24) is 0 Å². The van der Waals surface area contributed by atoms with Crippen LogP contribution in [0.1, 0.15) is 37.7 Å². The molecule has 20 heavy (non-hydrogen) atoms. The van der Waals surface area contributed by atoms with Crippen LogP contribution < -0.4 is 5.32 Å². The third-order valence-corrected chi connectivity index (χ3v) is 3.84. The second-order valence-electron chi connectivity index (χ2n) is 5.22. The van der Waals surface area contributed by atoms with E-state index in [1.807, 2.05) is 6.07 Å². The first-order valence-corrected chi connectivity index (χ1v) is 6.68. The number of hydrogen-bond acceptors (Lipinski definition) is 5. The van der Waals surface area contributed by atoms with Crippen LogP contribution in [0.15, 0.2) is 18.2 Å². The van der Waals surface area contributed by atoms with Gasteiger partial charge in [-0.1, -0.05) is 19.3 Å². The summed E-state index contributed by atoms with van der Waals surface area (Å²) in [6.07, 6.45) is 4.64. The average molecular weight is 275 g/mol. The first kappa shape index (κ1) is 14.3. The summed E-state index contributed by atoms with van der Waals surface area (Å²) in [5, 5.41) is 32.8. The Hall–Kier alpha value is -2.13. The molecule has 1 aromatic rings. The van der Waals surface area contributed by atoms with Crippen molar-refractivity contribution in [1.29, 1.82) is 5.26 Å². The Kier molecular flexibility index (Phi) is 4.20. The van der Waals surface area contributed by atoms with Crippen molar-refractivity contribution >= 4 is 11.4 Å². The molecule has 0 amide bonds. The number of rotatable bonds is 4. The predicted molar refractivity (Wildman–Crippen MR) is 74.3 cm³/mol. The van der Waals surface area contributed by atoms with Crippen LogP contribution in [0, 0.1) is 21.4 Å². The summed E-state index contributed by atoms with van der Waals surface area (Å²) in [6.45, 7) is -0.0685. The lowest BCUT2D eigenvalue weighted by Gasteiger charge is -2.37. The van der Waals surface area contributed by atoms with Gasteiger partial charge < -0.3 is 10.4 Å². The van der Waals surface area contributed by atoms with E-state index in [4.69, 9.17) is 5.26 Å². The molecule has 1 aromatic carbocycles. The molecule has 0 unspecified atom stereocenters. The first-order valence-electron chi connectivity index (χ1n) is 6.68. The number of nitrogens with zero attached hydrogens (tertiary/aromatic N) is 2. The minimum atomic E-state index is -0.517. The maximum Gasteiger partial charge on any atom is 0.292 e. The monoisotopic (exact) mass is 275 g/mol. The topological polar surface area (TPSA) is 99.2 Å². The lowest BCUT2D eigenvalue weighted by molar-refractivity contribution is -0.384. The highest BCUT2D eigenvalue weighted by Crippen LogP contribution is 2.35. The fourth-order valence-electron chi connectivity index (χ4n) is 2.70. The van der Waals surface area contributed by atoms with Gasteiger partial charge in [0, 0.05) is 6.07 Å². The summed E-state index contributed by atoms with van der Waals surface area (Å²) in [7, 11) is 0. The molecule has 0 saturated heterocycles. The van der Waals surface area contributed by atoms with E-state index < -0.39 is 10.5 Å². The molecule has 6 heteroatoms. The predicted octanol–water partition coefficient (Wildman–Crippen LogP) is 2.57. The van der Waals surface area contributed by atoms with Crippen molar-refractivity contribution < 1.29 is 10.0 Å². The van der Waals surface area contributed by atoms with Gasteiger partial charge in [0.1, 0.15) is 5.69 Å². The third-order valence-electron chi connectivity index (χ3n) is 3.84. The molecule has 0 heterocycles. The molecule has 2 rings (SSSR count). The van der Waals surface area contributed by atoms with Crippen LogP contribution in [0.4, 0.5) is 11.4 Å². The molecule has 0 radical (unpaired) electrons. The van der Waals surface area contributed by atoms with E-state index in [0.717, 1.165) is 32.1 Å². The van der Waals surface area contributed by atoms with Crippen molar-refractivity contribution in [2.45, 2.75) is 37.6 Å². The Bertz CT molecular complexity index is 545. The third kappa shape index (κ3) is 2.89. The minimum Gasteiger partial charge on any atom is -0.394 e. The number of nitro groups is 1. The molecule has 2 N–H and O–H groups in total. The highest BCUT2D eigenvalue weighted by molar-refractivity contribution is 5.65. The van der Waals surface area contributed by atoms with Gasteiger partial charge in [0.15, 0.2) is 0 Å². The fourth-order valence-corrected chi connectivity index (χ4v) is 2.70. The SMILES string of the molecule is N#Cc1ccc([N+](=O)[O-])c(NC2(CO)CCCCC2)c1. The van der Waals surface area contributed by atoms with E-state index in [9.17, 15) is 15.2 Å². The van der Waals surface area contributed by atoms with E-state index in [1.54, 1.807) is 0 Å². The number of nitro benzene ring substituents is 1. The second-order valence-corrected chi connectivity index (χ2v) is 5.22. The highest BCUT2D eigenvalue weighted by Gasteiger charge is 2.33. The largest absolute Gasteiger partial charge is 0.394 e. The van der Waals surface area contributed by atoms with Gasteiger partial charge in [-0.2, -0.15) is 5.26 Å². The molecular weight excluding hydrogens is 258 g/mol. The standard InChI is InChI=1S/C14H17N3O3/c15-9-11-4-5-13(17(19)20)12(8-11)16-14(10-18)6-2-1-3-7-14/h4-5,8,16,18H,1-3,6-7,10H2. The number of nitrogens with one attached hydrogen (secondary N) is 1. The number of anilines is 1. The Labute approximate surface area is 117 Å². The van der Waals surface area contributed by atoms with Gasteiger partial charge in [0.25, 0.3) is 5.69 Å². The first-order chi connectivity index (χ1) is 9.60. The smallest absolute Gasteiger partial charge is 0.292 e. The summed E-state index contributed by atoms with van der Waals surface area (Å²) in [5.74, 6) is 0. The maximum absolute atomic E-state index is 11.1. The Balaban J connectivity index is 2.35. The number of aliphatic hydroxyl groups is 1. The molecule has 1 fully saturated rings. The van der Waals surface area contributed by atoms with Crippen LogP contribution in [0.25, 0.3) is 0 Å². The van der Waals surface area contributed by atoms with Crippen LogP contribution in [-0.2, 0) is 0 Å². The highest BCUT2D eigenvalue weighted by atomic mass is 16.6. The Morgan fingerprint density at radius 1 is 1.40 bits per heavy atom. The van der Waals surface area contributed by atoms with E-state index in [1.165, 1.54) is 18.2 Å². The number of hydrogen-bond donors (Lipinski definition) is 2. The van der Waals surface area contributed by atoms with Crippen molar-refractivity contribution in [3.8, 4) is 6.07 Å². The van der Waals surface area contributed by atoms with Gasteiger partial charge in [-0.15, -0.1) is 0 Å². The zero-order valence-corrected chi connectivity index (χ0v) is 11.1. The average Bonchev–Trinajstić information content (AvgIpc) is 2.47. The van der Waals surface area contributed by atoms with E-state index >= 15 is 0 Å². The maximum atomic E-state index is 11.1. The molecule has 0 aromatic heterocycles. The van der Waals surface area contributed by atoms with Crippen molar-refractivity contribution in [2.75, 3.05) is 11.9 Å². The van der Waals surface area contributed by atoms with Gasteiger partial charge in [-0.3, -0.25) is 10.1 Å². The van der Waals surface area contributed by atoms with Crippen LogP contribution in [0.2, 0.25) is 0 Å². The molecular formula is C14H17N3O3. The lowest BCUT2D eigenvalue weighted by atomic mass is 9.82. The molecule has 0 aliphatic heterocycles. The zero-order valence-electron chi connectivity index (χ0n) is 11.1. The number of nitriles is 1. The number of aliphatic hydroxyl groups excluding tert-OH is 1. The van der Waals surface area contributed by atoms with Crippen LogP contribution >= 0.6 is 0 Å². The molecule has 1 aliphatic carbocycles. The quantitative estimate of drug-likeness (QED) is 0.650. The zero-order chi connectivity index (χ0) is 14.6. The van der Waals surface area contributed by atoms with Gasteiger partial charge in [0.05, 0.1) is 28.7 Å². The van der Waals surface area contributed by atoms with Gasteiger partial charge in [-0.05, 0) is 25.0 Å². The van der Waals surface area contributed by atoms with Gasteiger partial charge in [0.2, 0.25) is 0 Å². The summed E-state index contributed by atoms with van der Waals surface area (Å²) in [5.41, 5.74) is 0.0891. The summed E-state index contributed by atoms with van der Waals surface area (Å²) >= 11 is 0. The molecule has 6 nitrogen and oxygen atoms in total.